The van der Waals surface area contributed by atoms with Gasteiger partial charge in [0.15, 0.2) is 0 Å². The Bertz CT molecular complexity index is 802. The van der Waals surface area contributed by atoms with Crippen molar-refractivity contribution in [3.63, 3.8) is 0 Å². The second-order valence-corrected chi connectivity index (χ2v) is 5.31. The van der Waals surface area contributed by atoms with E-state index >= 15 is 0 Å². The number of rotatable bonds is 5. The van der Waals surface area contributed by atoms with Crippen molar-refractivity contribution in [2.24, 2.45) is 0 Å². The fourth-order valence-electron chi connectivity index (χ4n) is 2.49. The Hall–Kier alpha value is -2.94. The maximum absolute atomic E-state index is 5.61. The van der Waals surface area contributed by atoms with E-state index in [-0.39, 0.29) is 6.10 Å². The van der Waals surface area contributed by atoms with Gasteiger partial charge in [0.05, 0.1) is 12.3 Å². The van der Waals surface area contributed by atoms with Crippen LogP contribution in [0.25, 0.3) is 23.0 Å². The van der Waals surface area contributed by atoms with Crippen LogP contribution in [-0.4, -0.2) is 49.3 Å². The number of aromatic nitrogens is 6. The minimum absolute atomic E-state index is 0.200. The molecule has 24 heavy (non-hydrogen) atoms. The van der Waals surface area contributed by atoms with Crippen molar-refractivity contribution in [1.82, 2.24) is 30.1 Å². The number of ether oxygens (including phenoxy) is 1. The van der Waals surface area contributed by atoms with Gasteiger partial charge >= 0.3 is 0 Å². The van der Waals surface area contributed by atoms with Crippen LogP contribution in [0.2, 0.25) is 0 Å². The Kier molecular flexibility index (Phi) is 4.07. The molecule has 1 atom stereocenters. The van der Waals surface area contributed by atoms with Crippen LogP contribution in [0.4, 0.5) is 5.82 Å². The lowest BCUT2D eigenvalue weighted by Gasteiger charge is -2.12. The molecule has 4 rings (SSSR count). The predicted octanol–water partition coefficient (Wildman–Crippen LogP) is 1.57. The summed E-state index contributed by atoms with van der Waals surface area (Å²) in [6, 6.07) is 0. The van der Waals surface area contributed by atoms with Gasteiger partial charge < -0.3 is 14.6 Å². The second-order valence-electron chi connectivity index (χ2n) is 5.31. The van der Waals surface area contributed by atoms with E-state index in [1.165, 1.54) is 6.33 Å². The largest absolute Gasteiger partial charge is 0.376 e. The van der Waals surface area contributed by atoms with Crippen LogP contribution < -0.4 is 5.32 Å². The fourth-order valence-corrected chi connectivity index (χ4v) is 2.49. The molecule has 1 saturated heterocycles. The molecule has 122 valence electrons. The van der Waals surface area contributed by atoms with Gasteiger partial charge in [-0.05, 0) is 12.8 Å². The van der Waals surface area contributed by atoms with Crippen LogP contribution in [0.3, 0.4) is 0 Å². The van der Waals surface area contributed by atoms with Crippen molar-refractivity contribution >= 4 is 5.82 Å². The van der Waals surface area contributed by atoms with Crippen molar-refractivity contribution < 1.29 is 9.26 Å². The third kappa shape index (κ3) is 3.06. The molecular formula is C15H15N7O2. The highest BCUT2D eigenvalue weighted by Crippen LogP contribution is 2.25. The number of hydrogen-bond acceptors (Lipinski definition) is 9. The summed E-state index contributed by atoms with van der Waals surface area (Å²) in [5, 5.41) is 7.22. The predicted molar refractivity (Wildman–Crippen MR) is 83.8 cm³/mol. The zero-order valence-electron chi connectivity index (χ0n) is 12.8. The van der Waals surface area contributed by atoms with E-state index < -0.39 is 0 Å². The van der Waals surface area contributed by atoms with Crippen molar-refractivity contribution in [3.05, 3.63) is 31.1 Å². The molecule has 0 radical (unpaired) electrons. The number of hydrogen-bond donors (Lipinski definition) is 1. The Balaban J connectivity index is 1.56. The first-order valence-electron chi connectivity index (χ1n) is 7.66. The monoisotopic (exact) mass is 325 g/mol. The van der Waals surface area contributed by atoms with Gasteiger partial charge in [-0.3, -0.25) is 4.98 Å². The fraction of sp³-hybridized carbons (Fsp3) is 0.333. The first-order chi connectivity index (χ1) is 11.9. The summed E-state index contributed by atoms with van der Waals surface area (Å²) in [4.78, 5) is 20.8. The van der Waals surface area contributed by atoms with Gasteiger partial charge in [-0.15, -0.1) is 0 Å². The average molecular weight is 325 g/mol. The molecule has 3 aromatic heterocycles. The number of nitrogens with one attached hydrogen (secondary N) is 1. The summed E-state index contributed by atoms with van der Waals surface area (Å²) in [5.41, 5.74) is 1.18. The van der Waals surface area contributed by atoms with Crippen LogP contribution in [0.15, 0.2) is 35.6 Å². The van der Waals surface area contributed by atoms with Crippen molar-refractivity contribution in [1.29, 1.82) is 0 Å². The van der Waals surface area contributed by atoms with Crippen LogP contribution in [0.5, 0.6) is 0 Å². The SMILES string of the molecule is c1cnc(-c2noc(-c3cncnc3NCC3CCCO3)n2)cn1. The van der Waals surface area contributed by atoms with Crippen LogP contribution in [0.1, 0.15) is 12.8 Å². The molecule has 3 aromatic rings. The van der Waals surface area contributed by atoms with E-state index in [1.807, 2.05) is 0 Å². The van der Waals surface area contributed by atoms with Gasteiger partial charge in [-0.2, -0.15) is 4.98 Å². The molecule has 1 aliphatic rings. The smallest absolute Gasteiger partial charge is 0.263 e. The lowest BCUT2D eigenvalue weighted by atomic mass is 10.2. The average Bonchev–Trinajstić information content (AvgIpc) is 3.33. The highest BCUT2D eigenvalue weighted by Gasteiger charge is 2.19. The molecule has 0 saturated carbocycles. The quantitative estimate of drug-likeness (QED) is 0.747. The molecule has 9 nitrogen and oxygen atoms in total. The lowest BCUT2D eigenvalue weighted by molar-refractivity contribution is 0.120. The Morgan fingerprint density at radius 1 is 1.17 bits per heavy atom. The summed E-state index contributed by atoms with van der Waals surface area (Å²) >= 11 is 0. The summed E-state index contributed by atoms with van der Waals surface area (Å²) in [6.07, 6.45) is 10.2. The normalized spacial score (nSPS) is 17.1. The highest BCUT2D eigenvalue weighted by molar-refractivity contribution is 5.68. The summed E-state index contributed by atoms with van der Waals surface area (Å²) < 4.78 is 10.9. The molecule has 9 heteroatoms. The zero-order valence-corrected chi connectivity index (χ0v) is 12.8. The Labute approximate surface area is 137 Å². The first-order valence-corrected chi connectivity index (χ1v) is 7.66. The summed E-state index contributed by atoms with van der Waals surface area (Å²) in [5.74, 6) is 1.33. The maximum atomic E-state index is 5.61. The third-order valence-electron chi connectivity index (χ3n) is 3.68. The van der Waals surface area contributed by atoms with Crippen molar-refractivity contribution in [3.8, 4) is 23.0 Å². The van der Waals surface area contributed by atoms with E-state index in [0.29, 0.717) is 35.3 Å². The molecule has 0 aromatic carbocycles. The molecule has 1 fully saturated rings. The first kappa shape index (κ1) is 14.6. The minimum atomic E-state index is 0.200. The van der Waals surface area contributed by atoms with Gasteiger partial charge in [0.1, 0.15) is 23.4 Å². The zero-order chi connectivity index (χ0) is 16.2. The molecular weight excluding hydrogens is 310 g/mol. The van der Waals surface area contributed by atoms with Gasteiger partial charge in [-0.25, -0.2) is 15.0 Å². The van der Waals surface area contributed by atoms with E-state index in [1.54, 1.807) is 24.8 Å². The Morgan fingerprint density at radius 2 is 2.17 bits per heavy atom. The molecule has 0 amide bonds. The summed E-state index contributed by atoms with van der Waals surface area (Å²) in [7, 11) is 0. The molecule has 0 bridgehead atoms. The highest BCUT2D eigenvalue weighted by atomic mass is 16.5. The second kappa shape index (κ2) is 6.67. The standard InChI is InChI=1S/C15H15N7O2/c1-2-10(23-5-1)6-19-13-11(7-17-9-20-13)15-21-14(22-24-15)12-8-16-3-4-18-12/h3-4,7-10H,1-2,5-6H2,(H,17,19,20). The molecule has 0 aliphatic carbocycles. The number of nitrogens with zero attached hydrogens (tertiary/aromatic N) is 6. The number of anilines is 1. The Morgan fingerprint density at radius 3 is 3.00 bits per heavy atom. The molecule has 0 spiro atoms. The van der Waals surface area contributed by atoms with Gasteiger partial charge in [0, 0.05) is 31.7 Å². The van der Waals surface area contributed by atoms with Gasteiger partial charge in [0.2, 0.25) is 5.82 Å². The molecule has 1 aliphatic heterocycles. The molecule has 4 heterocycles. The van der Waals surface area contributed by atoms with Gasteiger partial charge in [0.25, 0.3) is 5.89 Å². The van der Waals surface area contributed by atoms with E-state index in [9.17, 15) is 0 Å². The molecule has 1 N–H and O–H groups in total. The summed E-state index contributed by atoms with van der Waals surface area (Å²) in [6.45, 7) is 1.49. The molecule has 1 unspecified atom stereocenters. The third-order valence-corrected chi connectivity index (χ3v) is 3.68. The minimum Gasteiger partial charge on any atom is -0.376 e. The van der Waals surface area contributed by atoms with E-state index in [2.05, 4.69) is 35.4 Å². The maximum Gasteiger partial charge on any atom is 0.263 e. The van der Waals surface area contributed by atoms with Crippen molar-refractivity contribution in [2.45, 2.75) is 18.9 Å². The van der Waals surface area contributed by atoms with E-state index in [4.69, 9.17) is 9.26 Å². The van der Waals surface area contributed by atoms with E-state index in [0.717, 1.165) is 19.4 Å². The van der Waals surface area contributed by atoms with Crippen LogP contribution >= 0.6 is 0 Å². The topological polar surface area (TPSA) is 112 Å². The van der Waals surface area contributed by atoms with Crippen LogP contribution in [-0.2, 0) is 4.74 Å². The van der Waals surface area contributed by atoms with Crippen LogP contribution in [0, 0.1) is 0 Å². The lowest BCUT2D eigenvalue weighted by Crippen LogP contribution is -2.19. The van der Waals surface area contributed by atoms with Gasteiger partial charge in [-0.1, -0.05) is 5.16 Å². The van der Waals surface area contributed by atoms with Crippen molar-refractivity contribution in [2.75, 3.05) is 18.5 Å².